The van der Waals surface area contributed by atoms with Gasteiger partial charge >= 0.3 is 51.4 Å². The van der Waals surface area contributed by atoms with Crippen LogP contribution in [0.15, 0.2) is 23.1 Å². The second-order valence-electron chi connectivity index (χ2n) is 5.25. The maximum atomic E-state index is 11.3. The third-order valence-corrected chi connectivity index (χ3v) is 4.44. The molecule has 2 aromatic rings. The zero-order chi connectivity index (χ0) is 17.2. The first kappa shape index (κ1) is 27.9. The maximum Gasteiger partial charge on any atom is 1.00 e. The van der Waals surface area contributed by atoms with Crippen LogP contribution in [0.5, 0.6) is 17.2 Å². The Morgan fingerprint density at radius 2 is 1.69 bits per heavy atom. The van der Waals surface area contributed by atoms with Crippen molar-refractivity contribution in [3.8, 4) is 17.2 Å². The fourth-order valence-corrected chi connectivity index (χ4v) is 3.05. The third kappa shape index (κ3) is 6.08. The molecule has 6 nitrogen and oxygen atoms in total. The van der Waals surface area contributed by atoms with E-state index in [9.17, 15) is 18.6 Å². The molecule has 0 saturated carbocycles. The van der Waals surface area contributed by atoms with Crippen LogP contribution >= 0.6 is 0 Å². The van der Waals surface area contributed by atoms with Gasteiger partial charge in [-0.1, -0.05) is 13.3 Å². The Morgan fingerprint density at radius 3 is 2.19 bits per heavy atom. The Hall–Kier alpha value is -0.354. The molecule has 0 aliphatic rings. The number of phenols is 2. The molecule has 0 aromatic heterocycles. The fourth-order valence-electron chi connectivity index (χ4n) is 2.52. The molecule has 0 amide bonds. The van der Waals surface area contributed by atoms with Gasteiger partial charge in [0.1, 0.15) is 17.2 Å². The molecular weight excluding hydrogens is 383 g/mol. The summed E-state index contributed by atoms with van der Waals surface area (Å²) in [5.41, 5.74) is 0.580. The largest absolute Gasteiger partial charge is 1.00 e. The minimum absolute atomic E-state index is 0. The number of phenolic OH excluding ortho intramolecular Hbond substituents is 2. The number of hydrogen-bond donors (Lipinski definition) is 3. The summed E-state index contributed by atoms with van der Waals surface area (Å²) < 4.78 is 37.3. The fraction of sp³-hybridized carbons (Fsp3) is 0.333. The third-order valence-electron chi connectivity index (χ3n) is 3.61. The van der Waals surface area contributed by atoms with E-state index in [1.165, 1.54) is 6.07 Å². The molecule has 8 heteroatoms. The molecule has 0 spiro atoms. The number of benzene rings is 2. The molecule has 0 saturated heterocycles. The van der Waals surface area contributed by atoms with Crippen molar-refractivity contribution in [2.75, 3.05) is 6.61 Å². The first-order valence-corrected chi connectivity index (χ1v) is 8.85. The molecule has 2 rings (SSSR count). The van der Waals surface area contributed by atoms with E-state index in [2.05, 4.69) is 0 Å². The van der Waals surface area contributed by atoms with Crippen molar-refractivity contribution in [3.63, 3.8) is 0 Å². The molecule has 0 bridgehead atoms. The van der Waals surface area contributed by atoms with Gasteiger partial charge in [-0.15, -0.1) is 0 Å². The van der Waals surface area contributed by atoms with E-state index >= 15 is 0 Å². The molecule has 0 heterocycles. The van der Waals surface area contributed by atoms with Gasteiger partial charge in [-0.25, -0.2) is 0 Å². The number of ether oxygens (including phenoxy) is 1. The topological polar surface area (TPSA) is 104 Å². The zero-order valence-corrected chi connectivity index (χ0v) is 20.0. The summed E-state index contributed by atoms with van der Waals surface area (Å²) in [6, 6.07) is 3.68. The van der Waals surface area contributed by atoms with Crippen molar-refractivity contribution >= 4 is 20.9 Å². The summed E-state index contributed by atoms with van der Waals surface area (Å²) in [6.45, 7) is 4.21. The van der Waals surface area contributed by atoms with Crippen molar-refractivity contribution in [3.05, 3.63) is 38.6 Å². The van der Waals surface area contributed by atoms with E-state index in [4.69, 9.17) is 9.29 Å². The second-order valence-corrected chi connectivity index (χ2v) is 6.68. The van der Waals surface area contributed by atoms with Gasteiger partial charge in [0.2, 0.25) is 0 Å². The Balaban J connectivity index is 0. The van der Waals surface area contributed by atoms with E-state index in [1.807, 2.05) is 6.92 Å². The van der Waals surface area contributed by atoms with Gasteiger partial charge in [-0.3, -0.25) is 4.55 Å². The number of unbranched alkanes of at least 4 members (excludes halogenated alkanes) is 1. The SMILES string of the molecule is CCCCc1c(OCC)cc2cc(S(=O)(=O)O)cc(O)c2c1O.[CH3-].[CH3-].[K+]. The molecule has 0 unspecified atom stereocenters. The molecule has 0 radical (unpaired) electrons. The maximum absolute atomic E-state index is 11.3. The van der Waals surface area contributed by atoms with Gasteiger partial charge in [0.25, 0.3) is 10.1 Å². The first-order chi connectivity index (χ1) is 10.8. The number of fused-ring (bicyclic) bond motifs is 1. The normalized spacial score (nSPS) is 10.4. The predicted octanol–water partition coefficient (Wildman–Crippen LogP) is 1.14. The summed E-state index contributed by atoms with van der Waals surface area (Å²) in [5.74, 6) is -0.0925. The quantitative estimate of drug-likeness (QED) is 0.376. The summed E-state index contributed by atoms with van der Waals surface area (Å²) in [7, 11) is -4.46. The van der Waals surface area contributed by atoms with Gasteiger partial charge in [0.05, 0.1) is 16.9 Å². The molecule has 0 atom stereocenters. The Kier molecular flexibility index (Phi) is 12.3. The van der Waals surface area contributed by atoms with Crippen LogP contribution in [-0.4, -0.2) is 29.8 Å². The van der Waals surface area contributed by atoms with Crippen LogP contribution in [0.25, 0.3) is 10.8 Å². The summed E-state index contributed by atoms with van der Waals surface area (Å²) >= 11 is 0. The van der Waals surface area contributed by atoms with E-state index < -0.39 is 20.8 Å². The van der Waals surface area contributed by atoms with E-state index in [0.717, 1.165) is 18.9 Å². The van der Waals surface area contributed by atoms with Crippen LogP contribution in [0.2, 0.25) is 0 Å². The number of hydrogen-bond acceptors (Lipinski definition) is 5. The van der Waals surface area contributed by atoms with Gasteiger partial charge in [-0.05, 0) is 37.3 Å². The van der Waals surface area contributed by atoms with E-state index in [0.29, 0.717) is 24.3 Å². The summed E-state index contributed by atoms with van der Waals surface area (Å²) in [5, 5.41) is 21.0. The van der Waals surface area contributed by atoms with Gasteiger partial charge in [-0.2, -0.15) is 8.42 Å². The average molecular weight is 410 g/mol. The van der Waals surface area contributed by atoms with Gasteiger partial charge in [0, 0.05) is 11.6 Å². The van der Waals surface area contributed by atoms with Crippen LogP contribution in [0, 0.1) is 14.9 Å². The van der Waals surface area contributed by atoms with Gasteiger partial charge in [0.15, 0.2) is 0 Å². The average Bonchev–Trinajstić information content (AvgIpc) is 2.45. The van der Waals surface area contributed by atoms with Crippen LogP contribution < -0.4 is 56.1 Å². The van der Waals surface area contributed by atoms with Crippen molar-refractivity contribution in [2.24, 2.45) is 0 Å². The number of rotatable bonds is 6. The molecule has 26 heavy (non-hydrogen) atoms. The minimum atomic E-state index is -4.46. The monoisotopic (exact) mass is 409 g/mol. The van der Waals surface area contributed by atoms with Crippen LogP contribution in [0.1, 0.15) is 32.3 Å². The molecule has 0 fully saturated rings. The second kappa shape index (κ2) is 11.5. The van der Waals surface area contributed by atoms with Crippen molar-refractivity contribution < 1.29 is 79.3 Å². The van der Waals surface area contributed by atoms with Crippen molar-refractivity contribution in [1.29, 1.82) is 0 Å². The molecular formula is C18H26KO6S-. The van der Waals surface area contributed by atoms with Gasteiger partial charge < -0.3 is 29.8 Å². The molecule has 0 aliphatic carbocycles. The van der Waals surface area contributed by atoms with Crippen LogP contribution in [0.3, 0.4) is 0 Å². The molecule has 0 aliphatic heterocycles. The number of aromatic hydroxyl groups is 2. The predicted molar refractivity (Wildman–Crippen MR) is 99.7 cm³/mol. The van der Waals surface area contributed by atoms with Crippen LogP contribution in [-0.2, 0) is 16.5 Å². The van der Waals surface area contributed by atoms with Crippen molar-refractivity contribution in [1.82, 2.24) is 0 Å². The van der Waals surface area contributed by atoms with Crippen molar-refractivity contribution in [2.45, 2.75) is 38.0 Å². The molecule has 3 N–H and O–H groups in total. The Morgan fingerprint density at radius 1 is 1.08 bits per heavy atom. The smallest absolute Gasteiger partial charge is 0.507 e. The Bertz CT molecular complexity index is 833. The van der Waals surface area contributed by atoms with E-state index in [1.54, 1.807) is 13.0 Å². The molecule has 142 valence electrons. The minimum Gasteiger partial charge on any atom is -0.507 e. The Labute approximate surface area is 198 Å². The summed E-state index contributed by atoms with van der Waals surface area (Å²) in [6.07, 6.45) is 2.34. The molecule has 2 aromatic carbocycles. The summed E-state index contributed by atoms with van der Waals surface area (Å²) in [4.78, 5) is -0.439. The zero-order valence-electron chi connectivity index (χ0n) is 16.0. The standard InChI is InChI=1S/C16H20O6S.2CH3.K/c1-3-5-6-12-14(22-4-2)8-10-7-11(23(19,20)21)9-13(17)15(10)16(12)18;;;/h7-9,17-18H,3-6H2,1-2H3,(H,19,20,21);2*1H3;/q;2*-1;+1. The van der Waals surface area contributed by atoms with E-state index in [-0.39, 0.29) is 82.8 Å². The first-order valence-electron chi connectivity index (χ1n) is 7.41. The van der Waals surface area contributed by atoms with Crippen LogP contribution in [0.4, 0.5) is 0 Å².